The molecule has 142 valence electrons. The first-order valence-electron chi connectivity index (χ1n) is 9.22. The summed E-state index contributed by atoms with van der Waals surface area (Å²) in [5.74, 6) is 0.685. The van der Waals surface area contributed by atoms with E-state index in [2.05, 4.69) is 10.6 Å². The number of para-hydroxylation sites is 1. The van der Waals surface area contributed by atoms with E-state index in [-0.39, 0.29) is 11.9 Å². The number of ether oxygens (including phenoxy) is 1. The van der Waals surface area contributed by atoms with Crippen LogP contribution in [0.1, 0.15) is 19.8 Å². The Bertz CT molecular complexity index is 822. The number of methoxy groups -OCH3 is 1. The topological polar surface area (TPSA) is 70.7 Å². The molecule has 0 saturated carbocycles. The van der Waals surface area contributed by atoms with Gasteiger partial charge in [-0.15, -0.1) is 0 Å². The Morgan fingerprint density at radius 3 is 2.78 bits per heavy atom. The fraction of sp³-hybridized carbons (Fsp3) is 0.333. The third-order valence-corrected chi connectivity index (χ3v) is 4.70. The Morgan fingerprint density at radius 1 is 1.19 bits per heavy atom. The second kappa shape index (κ2) is 8.58. The monoisotopic (exact) mass is 367 g/mol. The number of carbonyl (C=O) groups excluding carboxylic acids is 2. The minimum absolute atomic E-state index is 0.0899. The number of rotatable bonds is 5. The lowest BCUT2D eigenvalue weighted by Gasteiger charge is -2.24. The highest BCUT2D eigenvalue weighted by Crippen LogP contribution is 2.31. The van der Waals surface area contributed by atoms with E-state index in [1.807, 2.05) is 55.5 Å². The Morgan fingerprint density at radius 2 is 2.00 bits per heavy atom. The number of nitrogens with zero attached hydrogens (tertiary/aromatic N) is 1. The molecule has 1 atom stereocenters. The van der Waals surface area contributed by atoms with Gasteiger partial charge in [0.05, 0.1) is 7.11 Å². The Balaban J connectivity index is 1.76. The molecule has 27 heavy (non-hydrogen) atoms. The van der Waals surface area contributed by atoms with E-state index in [1.54, 1.807) is 12.0 Å². The molecule has 3 rings (SSSR count). The van der Waals surface area contributed by atoms with Crippen LogP contribution in [0.25, 0.3) is 11.1 Å². The summed E-state index contributed by atoms with van der Waals surface area (Å²) in [7, 11) is 1.64. The zero-order valence-corrected chi connectivity index (χ0v) is 15.7. The van der Waals surface area contributed by atoms with Gasteiger partial charge in [-0.3, -0.25) is 4.79 Å². The second-order valence-electron chi connectivity index (χ2n) is 6.46. The van der Waals surface area contributed by atoms with Crippen molar-refractivity contribution >= 4 is 17.6 Å². The smallest absolute Gasteiger partial charge is 0.322 e. The first-order valence-corrected chi connectivity index (χ1v) is 9.22. The van der Waals surface area contributed by atoms with E-state index in [0.29, 0.717) is 25.2 Å². The zero-order valence-electron chi connectivity index (χ0n) is 15.7. The average molecular weight is 367 g/mol. The van der Waals surface area contributed by atoms with Crippen molar-refractivity contribution in [2.24, 2.45) is 0 Å². The quantitative estimate of drug-likeness (QED) is 0.850. The summed E-state index contributed by atoms with van der Waals surface area (Å²) < 4.78 is 5.43. The van der Waals surface area contributed by atoms with Gasteiger partial charge in [-0.05, 0) is 43.5 Å². The number of likely N-dealkylation sites (N-methyl/N-ethyl adjacent to an activating group) is 1. The molecule has 1 saturated heterocycles. The van der Waals surface area contributed by atoms with Crippen molar-refractivity contribution < 1.29 is 14.3 Å². The van der Waals surface area contributed by atoms with Crippen molar-refractivity contribution in [3.8, 4) is 16.9 Å². The summed E-state index contributed by atoms with van der Waals surface area (Å²) in [4.78, 5) is 26.5. The lowest BCUT2D eigenvalue weighted by atomic mass is 10.0. The first-order chi connectivity index (χ1) is 13.1. The van der Waals surface area contributed by atoms with Gasteiger partial charge < -0.3 is 20.3 Å². The van der Waals surface area contributed by atoms with Crippen molar-refractivity contribution in [3.63, 3.8) is 0 Å². The molecule has 1 aliphatic heterocycles. The number of benzene rings is 2. The van der Waals surface area contributed by atoms with Crippen LogP contribution >= 0.6 is 0 Å². The molecule has 0 radical (unpaired) electrons. The highest BCUT2D eigenvalue weighted by atomic mass is 16.5. The third kappa shape index (κ3) is 4.22. The van der Waals surface area contributed by atoms with Gasteiger partial charge in [0.15, 0.2) is 0 Å². The molecule has 0 bridgehead atoms. The maximum Gasteiger partial charge on any atom is 0.322 e. The van der Waals surface area contributed by atoms with Gasteiger partial charge >= 0.3 is 6.03 Å². The largest absolute Gasteiger partial charge is 0.496 e. The number of nitrogens with one attached hydrogen (secondary N) is 2. The van der Waals surface area contributed by atoms with Crippen molar-refractivity contribution in [1.82, 2.24) is 10.2 Å². The van der Waals surface area contributed by atoms with Gasteiger partial charge in [0.2, 0.25) is 5.91 Å². The molecule has 1 aliphatic rings. The molecule has 0 aromatic heterocycles. The maximum atomic E-state index is 12.7. The molecule has 0 spiro atoms. The number of carbonyl (C=O) groups is 2. The van der Waals surface area contributed by atoms with E-state index in [9.17, 15) is 9.59 Å². The standard InChI is InChI=1S/C21H25N3O3/c1-3-22-20(25)18-11-7-13-24(18)21(26)23-16-9-6-8-15(14-16)17-10-4-5-12-19(17)27-2/h4-6,8-10,12,14,18H,3,7,11,13H2,1-2H3,(H,22,25)(H,23,26)/t18-/m0/s1. The van der Waals surface area contributed by atoms with Crippen LogP contribution in [-0.4, -0.2) is 43.1 Å². The molecule has 6 nitrogen and oxygen atoms in total. The normalized spacial score (nSPS) is 16.1. The Hall–Kier alpha value is -3.02. The van der Waals surface area contributed by atoms with Crippen molar-refractivity contribution in [3.05, 3.63) is 48.5 Å². The number of urea groups is 1. The number of hydrogen-bond acceptors (Lipinski definition) is 3. The van der Waals surface area contributed by atoms with Crippen LogP contribution < -0.4 is 15.4 Å². The fourth-order valence-corrected chi connectivity index (χ4v) is 3.42. The van der Waals surface area contributed by atoms with Gasteiger partial charge in [-0.1, -0.05) is 30.3 Å². The van der Waals surface area contributed by atoms with Crippen LogP contribution in [0.15, 0.2) is 48.5 Å². The molecule has 1 fully saturated rings. The van der Waals surface area contributed by atoms with Crippen LogP contribution in [0, 0.1) is 0 Å². The molecule has 2 N–H and O–H groups in total. The predicted octanol–water partition coefficient (Wildman–Crippen LogP) is 3.49. The first kappa shape index (κ1) is 18.8. The van der Waals surface area contributed by atoms with Crippen molar-refractivity contribution in [1.29, 1.82) is 0 Å². The van der Waals surface area contributed by atoms with Crippen molar-refractivity contribution in [2.45, 2.75) is 25.8 Å². The van der Waals surface area contributed by atoms with Gasteiger partial charge in [-0.2, -0.15) is 0 Å². The maximum absolute atomic E-state index is 12.7. The molecular formula is C21H25N3O3. The molecule has 2 aromatic carbocycles. The molecular weight excluding hydrogens is 342 g/mol. The lowest BCUT2D eigenvalue weighted by molar-refractivity contribution is -0.124. The van der Waals surface area contributed by atoms with E-state index in [1.165, 1.54) is 0 Å². The summed E-state index contributed by atoms with van der Waals surface area (Å²) in [6.07, 6.45) is 1.52. The molecule has 6 heteroatoms. The second-order valence-corrected chi connectivity index (χ2v) is 6.46. The Kier molecular flexibility index (Phi) is 5.96. The van der Waals surface area contributed by atoms with E-state index < -0.39 is 6.04 Å². The number of likely N-dealkylation sites (tertiary alicyclic amines) is 1. The SMILES string of the molecule is CCNC(=O)[C@@H]1CCCN1C(=O)Nc1cccc(-c2ccccc2OC)c1. The number of amides is 3. The number of hydrogen-bond donors (Lipinski definition) is 2. The highest BCUT2D eigenvalue weighted by molar-refractivity contribution is 5.94. The van der Waals surface area contributed by atoms with Crippen LogP contribution in [0.3, 0.4) is 0 Å². The molecule has 2 aromatic rings. The van der Waals surface area contributed by atoms with E-state index in [0.717, 1.165) is 23.3 Å². The predicted molar refractivity (Wildman–Crippen MR) is 106 cm³/mol. The minimum Gasteiger partial charge on any atom is -0.496 e. The van der Waals surface area contributed by atoms with E-state index >= 15 is 0 Å². The Labute approximate surface area is 159 Å². The molecule has 3 amide bonds. The molecule has 0 unspecified atom stereocenters. The highest BCUT2D eigenvalue weighted by Gasteiger charge is 2.33. The summed E-state index contributed by atoms with van der Waals surface area (Å²) in [6.45, 7) is 3.02. The summed E-state index contributed by atoms with van der Waals surface area (Å²) in [6, 6.07) is 14.7. The minimum atomic E-state index is -0.401. The van der Waals surface area contributed by atoms with Gasteiger partial charge in [0.1, 0.15) is 11.8 Å². The van der Waals surface area contributed by atoms with Crippen LogP contribution in [0.5, 0.6) is 5.75 Å². The van der Waals surface area contributed by atoms with Gasteiger partial charge in [0.25, 0.3) is 0 Å². The van der Waals surface area contributed by atoms with Gasteiger partial charge in [-0.25, -0.2) is 4.79 Å². The van der Waals surface area contributed by atoms with Crippen LogP contribution in [0.2, 0.25) is 0 Å². The van der Waals surface area contributed by atoms with Crippen LogP contribution in [0.4, 0.5) is 10.5 Å². The van der Waals surface area contributed by atoms with E-state index in [4.69, 9.17) is 4.74 Å². The average Bonchev–Trinajstić information content (AvgIpc) is 3.18. The molecule has 1 heterocycles. The summed E-state index contributed by atoms with van der Waals surface area (Å²) in [5.41, 5.74) is 2.59. The summed E-state index contributed by atoms with van der Waals surface area (Å²) >= 11 is 0. The summed E-state index contributed by atoms with van der Waals surface area (Å²) in [5, 5.41) is 5.73. The van der Waals surface area contributed by atoms with Crippen molar-refractivity contribution in [2.75, 3.05) is 25.5 Å². The van der Waals surface area contributed by atoms with Gasteiger partial charge in [0, 0.05) is 24.3 Å². The third-order valence-electron chi connectivity index (χ3n) is 4.70. The molecule has 0 aliphatic carbocycles. The number of anilines is 1. The van der Waals surface area contributed by atoms with Crippen LogP contribution in [-0.2, 0) is 4.79 Å². The zero-order chi connectivity index (χ0) is 19.2. The lowest BCUT2D eigenvalue weighted by Crippen LogP contribution is -2.47. The fourth-order valence-electron chi connectivity index (χ4n) is 3.42.